The molecule has 0 radical (unpaired) electrons. The van der Waals surface area contributed by atoms with Crippen molar-refractivity contribution in [3.8, 4) is 11.5 Å². The molecule has 0 aliphatic carbocycles. The predicted molar refractivity (Wildman–Crippen MR) is 98.5 cm³/mol. The third-order valence-corrected chi connectivity index (χ3v) is 5.71. The molecule has 2 aliphatic heterocycles. The fourth-order valence-corrected chi connectivity index (χ4v) is 4.33. The number of fused-ring (bicyclic) bond motifs is 3. The fraction of sp³-hybridized carbons (Fsp3) is 0.476. The lowest BCUT2D eigenvalue weighted by Crippen LogP contribution is -2.41. The molecule has 1 fully saturated rings. The van der Waals surface area contributed by atoms with E-state index in [2.05, 4.69) is 41.1 Å². The molecule has 0 bridgehead atoms. The largest absolute Gasteiger partial charge is 0.493 e. The number of methoxy groups -OCH3 is 2. The molecule has 0 N–H and O–H groups in total. The number of nitrogens with zero attached hydrogens (tertiary/aromatic N) is 2. The Labute approximate surface area is 149 Å². The van der Waals surface area contributed by atoms with Gasteiger partial charge in [0.1, 0.15) is 0 Å². The SMILES string of the molecule is COc1cc2c(cc1OC)C1CCC(c3ccc(C)cn3)CN1CC2. The van der Waals surface area contributed by atoms with Crippen LogP contribution in [0.5, 0.6) is 11.5 Å². The highest BCUT2D eigenvalue weighted by Crippen LogP contribution is 2.44. The van der Waals surface area contributed by atoms with E-state index >= 15 is 0 Å². The second-order valence-corrected chi connectivity index (χ2v) is 7.20. The van der Waals surface area contributed by atoms with Gasteiger partial charge in [0.25, 0.3) is 0 Å². The van der Waals surface area contributed by atoms with Crippen LogP contribution in [-0.2, 0) is 6.42 Å². The van der Waals surface area contributed by atoms with Crippen molar-refractivity contribution in [2.45, 2.75) is 38.1 Å². The molecule has 0 spiro atoms. The minimum absolute atomic E-state index is 0.491. The zero-order valence-electron chi connectivity index (χ0n) is 15.3. The summed E-state index contributed by atoms with van der Waals surface area (Å²) in [7, 11) is 3.42. The minimum atomic E-state index is 0.491. The summed E-state index contributed by atoms with van der Waals surface area (Å²) in [6, 6.07) is 9.22. The number of hydrogen-bond acceptors (Lipinski definition) is 4. The van der Waals surface area contributed by atoms with Gasteiger partial charge in [0, 0.05) is 36.9 Å². The molecule has 2 aromatic rings. The number of hydrogen-bond donors (Lipinski definition) is 0. The lowest BCUT2D eigenvalue weighted by molar-refractivity contribution is 0.121. The molecule has 1 aromatic heterocycles. The van der Waals surface area contributed by atoms with Gasteiger partial charge in [0.05, 0.1) is 14.2 Å². The normalized spacial score (nSPS) is 22.8. The summed E-state index contributed by atoms with van der Waals surface area (Å²) in [5.74, 6) is 2.22. The molecule has 2 aliphatic rings. The van der Waals surface area contributed by atoms with Gasteiger partial charge in [-0.3, -0.25) is 9.88 Å². The average molecular weight is 338 g/mol. The highest BCUT2D eigenvalue weighted by atomic mass is 16.5. The van der Waals surface area contributed by atoms with Gasteiger partial charge in [-0.1, -0.05) is 6.07 Å². The highest BCUT2D eigenvalue weighted by Gasteiger charge is 2.35. The molecule has 0 amide bonds. The monoisotopic (exact) mass is 338 g/mol. The van der Waals surface area contributed by atoms with Crippen molar-refractivity contribution in [3.63, 3.8) is 0 Å². The first-order valence-corrected chi connectivity index (χ1v) is 9.11. The lowest BCUT2D eigenvalue weighted by Gasteiger charge is -2.43. The summed E-state index contributed by atoms with van der Waals surface area (Å²) >= 11 is 0. The Morgan fingerprint density at radius 1 is 1.08 bits per heavy atom. The van der Waals surface area contributed by atoms with E-state index in [1.807, 2.05) is 6.20 Å². The number of aryl methyl sites for hydroxylation is 1. The van der Waals surface area contributed by atoms with Gasteiger partial charge in [-0.2, -0.15) is 0 Å². The predicted octanol–water partition coefficient (Wildman–Crippen LogP) is 3.88. The molecule has 4 nitrogen and oxygen atoms in total. The van der Waals surface area contributed by atoms with E-state index in [0.717, 1.165) is 31.0 Å². The van der Waals surface area contributed by atoms with Crippen molar-refractivity contribution < 1.29 is 9.47 Å². The third kappa shape index (κ3) is 2.99. The quantitative estimate of drug-likeness (QED) is 0.850. The van der Waals surface area contributed by atoms with Crippen LogP contribution in [0.4, 0.5) is 0 Å². The van der Waals surface area contributed by atoms with Crippen LogP contribution >= 0.6 is 0 Å². The summed E-state index contributed by atoms with van der Waals surface area (Å²) in [5.41, 5.74) is 5.29. The van der Waals surface area contributed by atoms with Crippen LogP contribution in [0.25, 0.3) is 0 Å². The Morgan fingerprint density at radius 3 is 2.60 bits per heavy atom. The summed E-state index contributed by atoms with van der Waals surface area (Å²) in [5, 5.41) is 0. The lowest BCUT2D eigenvalue weighted by atomic mass is 9.82. The zero-order chi connectivity index (χ0) is 17.4. The van der Waals surface area contributed by atoms with Crippen molar-refractivity contribution in [2.24, 2.45) is 0 Å². The molecule has 25 heavy (non-hydrogen) atoms. The standard InChI is InChI=1S/C21H26N2O2/c1-14-4-6-18(22-12-14)16-5-7-19-17-11-21(25-3)20(24-2)10-15(17)8-9-23(19)13-16/h4,6,10-12,16,19H,5,7-9,13H2,1-3H3. The molecule has 1 saturated heterocycles. The molecule has 1 aromatic carbocycles. The van der Waals surface area contributed by atoms with E-state index in [9.17, 15) is 0 Å². The van der Waals surface area contributed by atoms with Crippen LogP contribution in [-0.4, -0.2) is 37.2 Å². The number of ether oxygens (including phenoxy) is 2. The van der Waals surface area contributed by atoms with Crippen molar-refractivity contribution in [2.75, 3.05) is 27.3 Å². The molecule has 4 heteroatoms. The van der Waals surface area contributed by atoms with Gasteiger partial charge in [0.15, 0.2) is 11.5 Å². The second kappa shape index (κ2) is 6.68. The Bertz CT molecular complexity index is 757. The van der Waals surface area contributed by atoms with Gasteiger partial charge in [-0.05, 0) is 61.1 Å². The van der Waals surface area contributed by atoms with Crippen LogP contribution < -0.4 is 9.47 Å². The summed E-state index contributed by atoms with van der Waals surface area (Å²) in [6.45, 7) is 4.29. The van der Waals surface area contributed by atoms with Crippen LogP contribution in [0.1, 0.15) is 47.2 Å². The molecular formula is C21H26N2O2. The maximum atomic E-state index is 5.53. The Balaban J connectivity index is 1.58. The molecule has 4 rings (SSSR count). The molecule has 0 saturated carbocycles. The number of rotatable bonds is 3. The summed E-state index contributed by atoms with van der Waals surface area (Å²) in [4.78, 5) is 7.30. The Morgan fingerprint density at radius 2 is 1.88 bits per heavy atom. The van der Waals surface area contributed by atoms with Crippen LogP contribution in [0, 0.1) is 6.92 Å². The van der Waals surface area contributed by atoms with E-state index in [0.29, 0.717) is 12.0 Å². The molecule has 3 heterocycles. The first-order valence-electron chi connectivity index (χ1n) is 9.11. The highest BCUT2D eigenvalue weighted by molar-refractivity contribution is 5.49. The number of benzene rings is 1. The van der Waals surface area contributed by atoms with Gasteiger partial charge >= 0.3 is 0 Å². The van der Waals surface area contributed by atoms with Crippen LogP contribution in [0.3, 0.4) is 0 Å². The topological polar surface area (TPSA) is 34.6 Å². The van der Waals surface area contributed by atoms with Crippen molar-refractivity contribution in [1.82, 2.24) is 9.88 Å². The van der Waals surface area contributed by atoms with Crippen LogP contribution in [0.15, 0.2) is 30.5 Å². The summed E-state index contributed by atoms with van der Waals surface area (Å²) < 4.78 is 11.0. The second-order valence-electron chi connectivity index (χ2n) is 7.20. The first kappa shape index (κ1) is 16.4. The molecule has 2 unspecified atom stereocenters. The molecule has 2 atom stereocenters. The van der Waals surface area contributed by atoms with E-state index in [-0.39, 0.29) is 0 Å². The first-order chi connectivity index (χ1) is 12.2. The fourth-order valence-electron chi connectivity index (χ4n) is 4.33. The molecule has 132 valence electrons. The zero-order valence-corrected chi connectivity index (χ0v) is 15.3. The van der Waals surface area contributed by atoms with E-state index in [1.54, 1.807) is 14.2 Å². The van der Waals surface area contributed by atoms with E-state index < -0.39 is 0 Å². The summed E-state index contributed by atoms with van der Waals surface area (Å²) in [6.07, 6.45) is 5.41. The number of pyridine rings is 1. The van der Waals surface area contributed by atoms with Gasteiger partial charge in [-0.25, -0.2) is 0 Å². The number of aromatic nitrogens is 1. The Kier molecular flexibility index (Phi) is 4.38. The maximum absolute atomic E-state index is 5.53. The van der Waals surface area contributed by atoms with Crippen LogP contribution in [0.2, 0.25) is 0 Å². The number of piperidine rings is 1. The Hall–Kier alpha value is -2.07. The minimum Gasteiger partial charge on any atom is -0.493 e. The van der Waals surface area contributed by atoms with Crippen molar-refractivity contribution in [3.05, 3.63) is 52.8 Å². The van der Waals surface area contributed by atoms with E-state index in [4.69, 9.17) is 9.47 Å². The van der Waals surface area contributed by atoms with Crippen molar-refractivity contribution in [1.29, 1.82) is 0 Å². The van der Waals surface area contributed by atoms with Crippen molar-refractivity contribution >= 4 is 0 Å². The third-order valence-electron chi connectivity index (χ3n) is 5.71. The van der Waals surface area contributed by atoms with Gasteiger partial charge < -0.3 is 9.47 Å². The smallest absolute Gasteiger partial charge is 0.161 e. The average Bonchev–Trinajstić information content (AvgIpc) is 2.66. The van der Waals surface area contributed by atoms with Gasteiger partial charge in [0.2, 0.25) is 0 Å². The van der Waals surface area contributed by atoms with Gasteiger partial charge in [-0.15, -0.1) is 0 Å². The molecular weight excluding hydrogens is 312 g/mol. The maximum Gasteiger partial charge on any atom is 0.161 e. The van der Waals surface area contributed by atoms with E-state index in [1.165, 1.54) is 35.2 Å².